The second kappa shape index (κ2) is 10.3. The summed E-state index contributed by atoms with van der Waals surface area (Å²) >= 11 is 6.01. The van der Waals surface area contributed by atoms with E-state index in [1.807, 2.05) is 0 Å². The average Bonchev–Trinajstić information content (AvgIpc) is 2.89. The number of sulfone groups is 1. The molecule has 4 aromatic rings. The Morgan fingerprint density at radius 2 is 1.64 bits per heavy atom. The first-order valence-corrected chi connectivity index (χ1v) is 15.8. The summed E-state index contributed by atoms with van der Waals surface area (Å²) in [5.74, 6) is -1.29. The number of nitrogens with zero attached hydrogens (tertiary/aromatic N) is 1. The van der Waals surface area contributed by atoms with Gasteiger partial charge in [0.2, 0.25) is 15.9 Å². The van der Waals surface area contributed by atoms with Crippen LogP contribution in [0.25, 0.3) is 21.9 Å². The first-order valence-electron chi connectivity index (χ1n) is 12.1. The molecule has 1 heterocycles. The Labute approximate surface area is 231 Å². The molecule has 7 nitrogen and oxygen atoms in total. The summed E-state index contributed by atoms with van der Waals surface area (Å²) in [5.41, 5.74) is 0.683. The number of amides is 1. The zero-order chi connectivity index (χ0) is 27.9. The molecule has 1 atom stereocenters. The highest BCUT2D eigenvalue weighted by molar-refractivity contribution is 7.91. The van der Waals surface area contributed by atoms with Crippen molar-refractivity contribution in [3.8, 4) is 11.1 Å². The van der Waals surface area contributed by atoms with E-state index in [1.165, 1.54) is 35.2 Å². The Balaban J connectivity index is 1.40. The highest BCUT2D eigenvalue weighted by atomic mass is 35.5. The van der Waals surface area contributed by atoms with Crippen LogP contribution < -0.4 is 9.62 Å². The Morgan fingerprint density at radius 1 is 0.923 bits per heavy atom. The summed E-state index contributed by atoms with van der Waals surface area (Å²) in [6, 6.07) is 19.0. The van der Waals surface area contributed by atoms with E-state index < -0.39 is 37.6 Å². The summed E-state index contributed by atoms with van der Waals surface area (Å²) in [6.07, 6.45) is 1.80. The molecule has 1 unspecified atom stereocenters. The van der Waals surface area contributed by atoms with Crippen LogP contribution in [0.3, 0.4) is 0 Å². The van der Waals surface area contributed by atoms with Crippen LogP contribution in [-0.4, -0.2) is 41.6 Å². The van der Waals surface area contributed by atoms with Crippen molar-refractivity contribution in [1.29, 1.82) is 0 Å². The molecule has 4 aromatic carbocycles. The van der Waals surface area contributed by atoms with Crippen LogP contribution >= 0.6 is 11.6 Å². The van der Waals surface area contributed by atoms with Crippen molar-refractivity contribution < 1.29 is 26.0 Å². The van der Waals surface area contributed by atoms with Crippen molar-refractivity contribution in [2.75, 3.05) is 17.7 Å². The third-order valence-corrected chi connectivity index (χ3v) is 9.52. The van der Waals surface area contributed by atoms with Gasteiger partial charge in [0, 0.05) is 23.4 Å². The van der Waals surface area contributed by atoms with Gasteiger partial charge in [0.15, 0.2) is 9.84 Å². The minimum absolute atomic E-state index is 0.00215. The fourth-order valence-corrected chi connectivity index (χ4v) is 7.11. The molecule has 1 aliphatic heterocycles. The Kier molecular flexibility index (Phi) is 7.23. The van der Waals surface area contributed by atoms with E-state index in [0.29, 0.717) is 28.0 Å². The third kappa shape index (κ3) is 5.56. The number of nitrogens with one attached hydrogen (secondary N) is 1. The lowest BCUT2D eigenvalue weighted by atomic mass is 10.0. The minimum Gasteiger partial charge on any atom is -0.308 e. The van der Waals surface area contributed by atoms with E-state index in [1.54, 1.807) is 48.5 Å². The molecule has 0 radical (unpaired) electrons. The largest absolute Gasteiger partial charge is 0.308 e. The number of halogens is 2. The maximum atomic E-state index is 15.3. The summed E-state index contributed by atoms with van der Waals surface area (Å²) in [5, 5.41) is 1.99. The molecular formula is C28H24ClFN2O5S2. The number of rotatable bonds is 6. The number of carbonyl (C=O) groups excluding carboxylic acids is 1. The smallest absolute Gasteiger partial charge is 0.245 e. The molecular weight excluding hydrogens is 563 g/mol. The summed E-state index contributed by atoms with van der Waals surface area (Å²) in [4.78, 5) is 14.6. The van der Waals surface area contributed by atoms with E-state index in [4.69, 9.17) is 11.6 Å². The first kappa shape index (κ1) is 27.3. The van der Waals surface area contributed by atoms with Gasteiger partial charge in [0.05, 0.1) is 15.5 Å². The number of benzene rings is 4. The molecule has 39 heavy (non-hydrogen) atoms. The monoisotopic (exact) mass is 586 g/mol. The molecule has 5 rings (SSSR count). The lowest BCUT2D eigenvalue weighted by Crippen LogP contribution is -2.52. The Morgan fingerprint density at radius 3 is 2.38 bits per heavy atom. The van der Waals surface area contributed by atoms with Crippen LogP contribution in [-0.2, 0) is 24.7 Å². The van der Waals surface area contributed by atoms with Crippen molar-refractivity contribution in [2.24, 2.45) is 0 Å². The molecule has 202 valence electrons. The zero-order valence-corrected chi connectivity index (χ0v) is 23.2. The predicted octanol–water partition coefficient (Wildman–Crippen LogP) is 5.18. The maximum absolute atomic E-state index is 15.3. The second-order valence-electron chi connectivity index (χ2n) is 9.39. The number of fused-ring (bicyclic) bond motifs is 1. The number of sulfonamides is 1. The van der Waals surface area contributed by atoms with Gasteiger partial charge in [-0.3, -0.25) is 4.79 Å². The van der Waals surface area contributed by atoms with E-state index in [9.17, 15) is 21.6 Å². The minimum atomic E-state index is -4.05. The van der Waals surface area contributed by atoms with E-state index in [2.05, 4.69) is 4.72 Å². The van der Waals surface area contributed by atoms with Crippen LogP contribution in [0.2, 0.25) is 5.02 Å². The van der Waals surface area contributed by atoms with Crippen LogP contribution in [0.15, 0.2) is 88.7 Å². The highest BCUT2D eigenvalue weighted by Crippen LogP contribution is 2.32. The van der Waals surface area contributed by atoms with Gasteiger partial charge in [-0.15, -0.1) is 0 Å². The normalized spacial score (nSPS) is 16.5. The topological polar surface area (TPSA) is 101 Å². The lowest BCUT2D eigenvalue weighted by Gasteiger charge is -2.32. The van der Waals surface area contributed by atoms with Gasteiger partial charge in [-0.25, -0.2) is 21.2 Å². The lowest BCUT2D eigenvalue weighted by molar-refractivity contribution is -0.121. The van der Waals surface area contributed by atoms with Gasteiger partial charge in [0.25, 0.3) is 0 Å². The van der Waals surface area contributed by atoms with Crippen LogP contribution in [0.4, 0.5) is 10.1 Å². The quantitative estimate of drug-likeness (QED) is 0.336. The molecule has 0 spiro atoms. The van der Waals surface area contributed by atoms with E-state index >= 15 is 4.39 Å². The molecule has 1 N–H and O–H groups in total. The van der Waals surface area contributed by atoms with Gasteiger partial charge in [0.1, 0.15) is 11.9 Å². The van der Waals surface area contributed by atoms with Gasteiger partial charge < -0.3 is 4.90 Å². The second-order valence-corrected chi connectivity index (χ2v) is 13.5. The van der Waals surface area contributed by atoms with Gasteiger partial charge >= 0.3 is 0 Å². The van der Waals surface area contributed by atoms with Gasteiger partial charge in [-0.1, -0.05) is 48.0 Å². The molecule has 11 heteroatoms. The molecule has 0 saturated carbocycles. The van der Waals surface area contributed by atoms with Gasteiger partial charge in [-0.2, -0.15) is 4.72 Å². The van der Waals surface area contributed by atoms with Crippen molar-refractivity contribution in [3.05, 3.63) is 89.7 Å². The Hall–Kier alpha value is -3.31. The number of hydrogen-bond acceptors (Lipinski definition) is 5. The standard InChI is InChI=1S/C28H24ClFN2O5S2/c1-38(34,35)27-7-3-2-5-23(27)20-10-13-26(24(30)17-20)32-14-4-6-25(28(32)33)31-39(36,37)22-12-9-18-15-21(29)11-8-19(18)16-22/h2-3,5,7-13,15-17,25,31H,4,6,14H2,1H3. The number of carbonyl (C=O) groups is 1. The molecule has 1 fully saturated rings. The number of hydrogen-bond donors (Lipinski definition) is 1. The van der Waals surface area contributed by atoms with Crippen LogP contribution in [0.5, 0.6) is 0 Å². The molecule has 1 saturated heterocycles. The number of piperidine rings is 1. The maximum Gasteiger partial charge on any atom is 0.245 e. The first-order chi connectivity index (χ1) is 18.4. The summed E-state index contributed by atoms with van der Waals surface area (Å²) < 4.78 is 68.5. The predicted molar refractivity (Wildman–Crippen MR) is 150 cm³/mol. The zero-order valence-electron chi connectivity index (χ0n) is 20.8. The van der Waals surface area contributed by atoms with Crippen molar-refractivity contribution in [3.63, 3.8) is 0 Å². The van der Waals surface area contributed by atoms with Crippen LogP contribution in [0.1, 0.15) is 12.8 Å². The Bertz CT molecular complexity index is 1830. The molecule has 0 aliphatic carbocycles. The van der Waals surface area contributed by atoms with Crippen molar-refractivity contribution >= 4 is 53.8 Å². The SMILES string of the molecule is CS(=O)(=O)c1ccccc1-c1ccc(N2CCCC(NS(=O)(=O)c3ccc4cc(Cl)ccc4c3)C2=O)c(F)c1. The van der Waals surface area contributed by atoms with Crippen molar-refractivity contribution in [1.82, 2.24) is 4.72 Å². The average molecular weight is 587 g/mol. The molecule has 1 aliphatic rings. The van der Waals surface area contributed by atoms with Crippen LogP contribution in [0, 0.1) is 5.82 Å². The van der Waals surface area contributed by atoms with E-state index in [0.717, 1.165) is 11.6 Å². The summed E-state index contributed by atoms with van der Waals surface area (Å²) in [6.45, 7) is 0.212. The number of anilines is 1. The highest BCUT2D eigenvalue weighted by Gasteiger charge is 2.34. The van der Waals surface area contributed by atoms with Crippen molar-refractivity contribution in [2.45, 2.75) is 28.7 Å². The fourth-order valence-electron chi connectivity index (χ4n) is 4.76. The fraction of sp³-hybridized carbons (Fsp3) is 0.179. The molecule has 1 amide bonds. The summed E-state index contributed by atoms with van der Waals surface area (Å²) in [7, 11) is -7.61. The van der Waals surface area contributed by atoms with E-state index in [-0.39, 0.29) is 28.4 Å². The molecule has 0 bridgehead atoms. The third-order valence-electron chi connectivity index (χ3n) is 6.66. The van der Waals surface area contributed by atoms with Gasteiger partial charge in [-0.05, 0) is 71.6 Å². The molecule has 0 aromatic heterocycles.